The van der Waals surface area contributed by atoms with Crippen LogP contribution in [0.15, 0.2) is 18.3 Å². The van der Waals surface area contributed by atoms with Gasteiger partial charge in [0.1, 0.15) is 5.75 Å². The lowest BCUT2D eigenvalue weighted by atomic mass is 10.3. The third kappa shape index (κ3) is 2.43. The van der Waals surface area contributed by atoms with Gasteiger partial charge in [0.05, 0.1) is 6.61 Å². The Balaban J connectivity index is 2.67. The van der Waals surface area contributed by atoms with Crippen LogP contribution in [0.3, 0.4) is 0 Å². The van der Waals surface area contributed by atoms with E-state index in [2.05, 4.69) is 4.98 Å². The van der Waals surface area contributed by atoms with Crippen LogP contribution in [-0.4, -0.2) is 24.3 Å². The highest BCUT2D eigenvalue weighted by atomic mass is 16.5. The summed E-state index contributed by atoms with van der Waals surface area (Å²) in [7, 11) is -0.338. The Hall–Kier alpha value is -1.23. The molecule has 0 aromatic carbocycles. The lowest BCUT2D eigenvalue weighted by Crippen LogP contribution is -2.01. The topological polar surface area (TPSA) is 51.6 Å². The van der Waals surface area contributed by atoms with Crippen molar-refractivity contribution in [3.8, 4) is 11.6 Å². The molecule has 0 atom stereocenters. The fourth-order valence-corrected chi connectivity index (χ4v) is 0.782. The number of rotatable bonds is 4. The van der Waals surface area contributed by atoms with Crippen LogP contribution in [0.4, 0.5) is 0 Å². The molecule has 1 aromatic heterocycles. The minimum Gasteiger partial charge on any atom is -0.539 e. The number of aromatic nitrogens is 1. The van der Waals surface area contributed by atoms with Gasteiger partial charge in [-0.05, 0) is 13.0 Å². The van der Waals surface area contributed by atoms with Crippen LogP contribution in [0, 0.1) is 0 Å². The van der Waals surface area contributed by atoms with Gasteiger partial charge in [-0.1, -0.05) is 0 Å². The molecular formula is C7H10BNO3. The van der Waals surface area contributed by atoms with E-state index in [1.807, 2.05) is 6.92 Å². The van der Waals surface area contributed by atoms with E-state index in [4.69, 9.17) is 14.4 Å². The van der Waals surface area contributed by atoms with Crippen LogP contribution < -0.4 is 9.39 Å². The Morgan fingerprint density at radius 2 is 2.50 bits per heavy atom. The third-order valence-corrected chi connectivity index (χ3v) is 1.23. The van der Waals surface area contributed by atoms with Gasteiger partial charge in [-0.3, -0.25) is 0 Å². The molecule has 0 spiro atoms. The maximum Gasteiger partial charge on any atom is 0.504 e. The molecule has 0 aliphatic rings. The summed E-state index contributed by atoms with van der Waals surface area (Å²) in [6.45, 7) is 2.44. The lowest BCUT2D eigenvalue weighted by molar-refractivity contribution is 0.325. The van der Waals surface area contributed by atoms with Crippen molar-refractivity contribution in [2.75, 3.05) is 6.61 Å². The van der Waals surface area contributed by atoms with Crippen molar-refractivity contribution in [1.29, 1.82) is 0 Å². The molecule has 12 heavy (non-hydrogen) atoms. The maximum absolute atomic E-state index is 8.46. The first-order chi connectivity index (χ1) is 5.86. The summed E-state index contributed by atoms with van der Waals surface area (Å²) in [5.41, 5.74) is 0. The molecule has 1 heterocycles. The Morgan fingerprint density at radius 1 is 1.67 bits per heavy atom. The summed E-state index contributed by atoms with van der Waals surface area (Å²) in [5.74, 6) is 1.06. The fraction of sp³-hybridized carbons (Fsp3) is 0.286. The zero-order valence-corrected chi connectivity index (χ0v) is 6.86. The molecule has 0 fully saturated rings. The van der Waals surface area contributed by atoms with Crippen molar-refractivity contribution in [2.24, 2.45) is 0 Å². The second kappa shape index (κ2) is 4.61. The molecule has 0 radical (unpaired) electrons. The highest BCUT2D eigenvalue weighted by Crippen LogP contribution is 2.15. The van der Waals surface area contributed by atoms with Crippen molar-refractivity contribution < 1.29 is 14.4 Å². The first-order valence-electron chi connectivity index (χ1n) is 3.69. The van der Waals surface area contributed by atoms with E-state index < -0.39 is 0 Å². The van der Waals surface area contributed by atoms with Crippen molar-refractivity contribution in [1.82, 2.24) is 4.98 Å². The highest BCUT2D eigenvalue weighted by Gasteiger charge is 1.97. The molecule has 1 N–H and O–H groups in total. The molecule has 5 heteroatoms. The third-order valence-electron chi connectivity index (χ3n) is 1.23. The Bertz CT molecular complexity index is 223. The standard InChI is InChI=1S/C7H10BNO3/c1-2-11-7-5-6(12-8-10)3-4-9-7/h3-5,8,10H,2H2,1H3. The van der Waals surface area contributed by atoms with Crippen LogP contribution in [-0.2, 0) is 0 Å². The van der Waals surface area contributed by atoms with Gasteiger partial charge in [0.25, 0.3) is 0 Å². The van der Waals surface area contributed by atoms with Crippen molar-refractivity contribution in [2.45, 2.75) is 6.92 Å². The minimum atomic E-state index is -0.338. The van der Waals surface area contributed by atoms with Gasteiger partial charge >= 0.3 is 7.69 Å². The van der Waals surface area contributed by atoms with E-state index in [-0.39, 0.29) is 7.69 Å². The summed E-state index contributed by atoms with van der Waals surface area (Å²) in [4.78, 5) is 3.93. The molecule has 0 aliphatic carbocycles. The SMILES string of the molecule is CCOc1cc(OBO)ccn1. The predicted molar refractivity (Wildman–Crippen MR) is 45.4 cm³/mol. The molecule has 1 aromatic rings. The second-order valence-electron chi connectivity index (χ2n) is 2.04. The molecule has 0 aliphatic heterocycles. The van der Waals surface area contributed by atoms with E-state index >= 15 is 0 Å². The van der Waals surface area contributed by atoms with E-state index in [1.165, 1.54) is 0 Å². The van der Waals surface area contributed by atoms with Crippen LogP contribution in [0.25, 0.3) is 0 Å². The molecule has 0 saturated carbocycles. The average molecular weight is 167 g/mol. The Labute approximate surface area is 71.5 Å². The fourth-order valence-electron chi connectivity index (χ4n) is 0.782. The van der Waals surface area contributed by atoms with Gasteiger partial charge in [0.15, 0.2) is 0 Å². The van der Waals surface area contributed by atoms with Crippen molar-refractivity contribution >= 4 is 7.69 Å². The summed E-state index contributed by atoms with van der Waals surface area (Å²) < 4.78 is 9.95. The first kappa shape index (κ1) is 8.87. The summed E-state index contributed by atoms with van der Waals surface area (Å²) in [6.07, 6.45) is 1.57. The number of nitrogens with zero attached hydrogens (tertiary/aromatic N) is 1. The van der Waals surface area contributed by atoms with Gasteiger partial charge in [-0.2, -0.15) is 0 Å². The van der Waals surface area contributed by atoms with E-state index in [0.717, 1.165) is 0 Å². The Morgan fingerprint density at radius 3 is 3.17 bits per heavy atom. The molecule has 0 unspecified atom stereocenters. The number of ether oxygens (including phenoxy) is 1. The highest BCUT2D eigenvalue weighted by molar-refractivity contribution is 6.17. The van der Waals surface area contributed by atoms with Gasteiger partial charge in [0, 0.05) is 12.3 Å². The van der Waals surface area contributed by atoms with Gasteiger partial charge in [-0.15, -0.1) is 0 Å². The second-order valence-corrected chi connectivity index (χ2v) is 2.04. The first-order valence-corrected chi connectivity index (χ1v) is 3.69. The van der Waals surface area contributed by atoms with Crippen LogP contribution >= 0.6 is 0 Å². The normalized spacial score (nSPS) is 9.17. The van der Waals surface area contributed by atoms with Gasteiger partial charge < -0.3 is 14.4 Å². The molecule has 0 saturated heterocycles. The van der Waals surface area contributed by atoms with Crippen LogP contribution in [0.1, 0.15) is 6.92 Å². The minimum absolute atomic E-state index is 0.338. The average Bonchev–Trinajstić information content (AvgIpc) is 2.06. The maximum atomic E-state index is 8.46. The van der Waals surface area contributed by atoms with E-state index in [1.54, 1.807) is 18.3 Å². The quantitative estimate of drug-likeness (QED) is 0.647. The zero-order valence-electron chi connectivity index (χ0n) is 6.86. The summed E-state index contributed by atoms with van der Waals surface area (Å²) >= 11 is 0. The molecule has 0 amide bonds. The smallest absolute Gasteiger partial charge is 0.504 e. The molecule has 4 nitrogen and oxygen atoms in total. The van der Waals surface area contributed by atoms with Gasteiger partial charge in [0.2, 0.25) is 5.88 Å². The summed E-state index contributed by atoms with van der Waals surface area (Å²) in [6, 6.07) is 3.28. The number of pyridine rings is 1. The van der Waals surface area contributed by atoms with Crippen LogP contribution in [0.2, 0.25) is 0 Å². The van der Waals surface area contributed by atoms with E-state index in [9.17, 15) is 0 Å². The van der Waals surface area contributed by atoms with Crippen LogP contribution in [0.5, 0.6) is 11.6 Å². The van der Waals surface area contributed by atoms with E-state index in [0.29, 0.717) is 18.2 Å². The lowest BCUT2D eigenvalue weighted by Gasteiger charge is -2.04. The predicted octanol–water partition coefficient (Wildman–Crippen LogP) is 0.118. The molecule has 1 rings (SSSR count). The van der Waals surface area contributed by atoms with Crippen molar-refractivity contribution in [3.05, 3.63) is 18.3 Å². The molecular weight excluding hydrogens is 157 g/mol. The number of hydrogen-bond donors (Lipinski definition) is 1. The Kier molecular flexibility index (Phi) is 3.41. The van der Waals surface area contributed by atoms with Crippen molar-refractivity contribution in [3.63, 3.8) is 0 Å². The molecule has 64 valence electrons. The molecule has 0 bridgehead atoms. The largest absolute Gasteiger partial charge is 0.539 e. The van der Waals surface area contributed by atoms with Gasteiger partial charge in [-0.25, -0.2) is 4.98 Å². The zero-order chi connectivity index (χ0) is 8.81. The summed E-state index contributed by atoms with van der Waals surface area (Å²) in [5, 5.41) is 8.46. The number of hydrogen-bond acceptors (Lipinski definition) is 4. The monoisotopic (exact) mass is 167 g/mol.